The number of anilines is 1. The summed E-state index contributed by atoms with van der Waals surface area (Å²) in [6.07, 6.45) is 0. The Kier molecular flexibility index (Phi) is 4.57. The number of hydrogen-bond acceptors (Lipinski definition) is 2. The molecule has 0 saturated heterocycles. The molecular weight excluding hydrogens is 295 g/mol. The summed E-state index contributed by atoms with van der Waals surface area (Å²) in [5.74, 6) is -0.247. The van der Waals surface area contributed by atoms with Gasteiger partial charge in [0.1, 0.15) is 10.8 Å². The van der Waals surface area contributed by atoms with Crippen LogP contribution in [0.5, 0.6) is 0 Å². The van der Waals surface area contributed by atoms with E-state index in [4.69, 9.17) is 29.6 Å². The predicted octanol–water partition coefficient (Wildman–Crippen LogP) is 3.75. The molecule has 2 rings (SSSR count). The summed E-state index contributed by atoms with van der Waals surface area (Å²) in [5, 5.41) is 0.617. The standard InChI is InChI=1S/C15H14ClFN2S/c1-19(9-10-2-5-12(17)6-3-10)14-8-11(16)4-7-13(14)15(18)20/h2-8H,9H2,1H3,(H2,18,20). The summed E-state index contributed by atoms with van der Waals surface area (Å²) in [6, 6.07) is 11.8. The van der Waals surface area contributed by atoms with E-state index in [1.54, 1.807) is 24.3 Å². The number of hydrogen-bond donors (Lipinski definition) is 1. The zero-order valence-corrected chi connectivity index (χ0v) is 12.5. The van der Waals surface area contributed by atoms with Crippen molar-refractivity contribution >= 4 is 34.5 Å². The van der Waals surface area contributed by atoms with E-state index in [-0.39, 0.29) is 5.82 Å². The van der Waals surface area contributed by atoms with Gasteiger partial charge in [-0.2, -0.15) is 0 Å². The van der Waals surface area contributed by atoms with Crippen LogP contribution in [0.25, 0.3) is 0 Å². The Labute approximate surface area is 128 Å². The van der Waals surface area contributed by atoms with Crippen LogP contribution in [0.2, 0.25) is 5.02 Å². The summed E-state index contributed by atoms with van der Waals surface area (Å²) in [7, 11) is 1.91. The molecule has 0 amide bonds. The van der Waals surface area contributed by atoms with E-state index >= 15 is 0 Å². The first kappa shape index (κ1) is 14.8. The lowest BCUT2D eigenvalue weighted by Crippen LogP contribution is -2.21. The molecule has 104 valence electrons. The van der Waals surface area contributed by atoms with Crippen molar-refractivity contribution in [3.63, 3.8) is 0 Å². The first-order valence-corrected chi connectivity index (χ1v) is 6.81. The third kappa shape index (κ3) is 3.46. The van der Waals surface area contributed by atoms with Gasteiger partial charge in [-0.1, -0.05) is 36.0 Å². The second-order valence-corrected chi connectivity index (χ2v) is 5.38. The lowest BCUT2D eigenvalue weighted by Gasteiger charge is -2.22. The quantitative estimate of drug-likeness (QED) is 0.872. The molecule has 2 aromatic carbocycles. The third-order valence-corrected chi connectivity index (χ3v) is 3.42. The second kappa shape index (κ2) is 6.20. The average molecular weight is 309 g/mol. The van der Waals surface area contributed by atoms with Crippen molar-refractivity contribution in [1.82, 2.24) is 0 Å². The Balaban J connectivity index is 2.28. The highest BCUT2D eigenvalue weighted by Crippen LogP contribution is 2.25. The molecule has 0 unspecified atom stereocenters. The van der Waals surface area contributed by atoms with E-state index in [0.717, 1.165) is 16.8 Å². The molecule has 0 atom stereocenters. The van der Waals surface area contributed by atoms with Gasteiger partial charge < -0.3 is 10.6 Å². The SMILES string of the molecule is CN(Cc1ccc(F)cc1)c1cc(Cl)ccc1C(N)=S. The van der Waals surface area contributed by atoms with Gasteiger partial charge in [0.2, 0.25) is 0 Å². The number of nitrogens with two attached hydrogens (primary N) is 1. The van der Waals surface area contributed by atoms with Gasteiger partial charge in [0.25, 0.3) is 0 Å². The third-order valence-electron chi connectivity index (χ3n) is 2.97. The fourth-order valence-electron chi connectivity index (χ4n) is 1.98. The van der Waals surface area contributed by atoms with E-state index in [9.17, 15) is 4.39 Å². The molecule has 2 nitrogen and oxygen atoms in total. The maximum Gasteiger partial charge on any atom is 0.123 e. The molecule has 0 saturated carbocycles. The molecule has 0 aliphatic rings. The fraction of sp³-hybridized carbons (Fsp3) is 0.133. The van der Waals surface area contributed by atoms with Crippen LogP contribution in [-0.2, 0) is 6.54 Å². The van der Waals surface area contributed by atoms with Crippen LogP contribution in [0, 0.1) is 5.82 Å². The normalized spacial score (nSPS) is 10.3. The topological polar surface area (TPSA) is 29.3 Å². The van der Waals surface area contributed by atoms with Gasteiger partial charge in [-0.25, -0.2) is 4.39 Å². The molecule has 20 heavy (non-hydrogen) atoms. The molecule has 0 fully saturated rings. The van der Waals surface area contributed by atoms with Crippen molar-refractivity contribution in [3.05, 3.63) is 64.4 Å². The van der Waals surface area contributed by atoms with E-state index in [0.29, 0.717) is 16.6 Å². The minimum absolute atomic E-state index is 0.247. The summed E-state index contributed by atoms with van der Waals surface area (Å²) in [5.41, 5.74) is 8.34. The van der Waals surface area contributed by atoms with Crippen molar-refractivity contribution in [1.29, 1.82) is 0 Å². The van der Waals surface area contributed by atoms with Crippen LogP contribution in [0.15, 0.2) is 42.5 Å². The van der Waals surface area contributed by atoms with Crippen LogP contribution >= 0.6 is 23.8 Å². The molecule has 0 bridgehead atoms. The van der Waals surface area contributed by atoms with E-state index in [1.807, 2.05) is 18.0 Å². The van der Waals surface area contributed by atoms with Gasteiger partial charge in [-0.05, 0) is 35.9 Å². The molecule has 2 N–H and O–H groups in total. The lowest BCUT2D eigenvalue weighted by atomic mass is 10.1. The van der Waals surface area contributed by atoms with Gasteiger partial charge in [0.15, 0.2) is 0 Å². The van der Waals surface area contributed by atoms with Gasteiger partial charge in [-0.15, -0.1) is 0 Å². The maximum atomic E-state index is 12.9. The summed E-state index contributed by atoms with van der Waals surface area (Å²) in [4.78, 5) is 2.30. The molecule has 5 heteroatoms. The van der Waals surface area contributed by atoms with E-state index in [1.165, 1.54) is 12.1 Å². The Morgan fingerprint density at radius 2 is 1.90 bits per heavy atom. The largest absolute Gasteiger partial charge is 0.389 e. The highest BCUT2D eigenvalue weighted by Gasteiger charge is 2.11. The van der Waals surface area contributed by atoms with Crippen LogP contribution in [-0.4, -0.2) is 12.0 Å². The molecule has 2 aromatic rings. The lowest BCUT2D eigenvalue weighted by molar-refractivity contribution is 0.627. The highest BCUT2D eigenvalue weighted by molar-refractivity contribution is 7.80. The molecule has 0 heterocycles. The van der Waals surface area contributed by atoms with E-state index < -0.39 is 0 Å². The van der Waals surface area contributed by atoms with E-state index in [2.05, 4.69) is 0 Å². The maximum absolute atomic E-state index is 12.9. The average Bonchev–Trinajstić information content (AvgIpc) is 2.41. The first-order chi connectivity index (χ1) is 9.47. The number of rotatable bonds is 4. The van der Waals surface area contributed by atoms with Crippen molar-refractivity contribution in [2.45, 2.75) is 6.54 Å². The number of benzene rings is 2. The smallest absolute Gasteiger partial charge is 0.123 e. The predicted molar refractivity (Wildman–Crippen MR) is 85.8 cm³/mol. The summed E-state index contributed by atoms with van der Waals surface area (Å²) < 4.78 is 12.9. The highest BCUT2D eigenvalue weighted by atomic mass is 35.5. The summed E-state index contributed by atoms with van der Waals surface area (Å²) in [6.45, 7) is 0.607. The van der Waals surface area contributed by atoms with Gasteiger partial charge in [-0.3, -0.25) is 0 Å². The Morgan fingerprint density at radius 1 is 1.25 bits per heavy atom. The van der Waals surface area contributed by atoms with Crippen molar-refractivity contribution < 1.29 is 4.39 Å². The molecule has 0 radical (unpaired) electrons. The van der Waals surface area contributed by atoms with Gasteiger partial charge >= 0.3 is 0 Å². The molecule has 0 aromatic heterocycles. The number of halogens is 2. The Bertz CT molecular complexity index is 628. The molecule has 0 aliphatic heterocycles. The Morgan fingerprint density at radius 3 is 2.50 bits per heavy atom. The number of nitrogens with zero attached hydrogens (tertiary/aromatic N) is 1. The fourth-order valence-corrected chi connectivity index (χ4v) is 2.32. The molecule has 0 spiro atoms. The van der Waals surface area contributed by atoms with Crippen LogP contribution in [0.1, 0.15) is 11.1 Å². The van der Waals surface area contributed by atoms with Crippen molar-refractivity contribution in [3.8, 4) is 0 Å². The molecular formula is C15H14ClFN2S. The van der Waals surface area contributed by atoms with Crippen molar-refractivity contribution in [2.75, 3.05) is 11.9 Å². The van der Waals surface area contributed by atoms with Crippen LogP contribution in [0.4, 0.5) is 10.1 Å². The second-order valence-electron chi connectivity index (χ2n) is 4.51. The van der Waals surface area contributed by atoms with Crippen molar-refractivity contribution in [2.24, 2.45) is 5.73 Å². The molecule has 0 aliphatic carbocycles. The minimum atomic E-state index is -0.247. The number of thiocarbonyl (C=S) groups is 1. The monoisotopic (exact) mass is 308 g/mol. The van der Waals surface area contributed by atoms with Crippen LogP contribution < -0.4 is 10.6 Å². The zero-order valence-electron chi connectivity index (χ0n) is 10.9. The minimum Gasteiger partial charge on any atom is -0.389 e. The van der Waals surface area contributed by atoms with Crippen LogP contribution in [0.3, 0.4) is 0 Å². The van der Waals surface area contributed by atoms with Gasteiger partial charge in [0.05, 0.1) is 0 Å². The van der Waals surface area contributed by atoms with Gasteiger partial charge in [0, 0.05) is 29.9 Å². The Hall–Kier alpha value is -1.65. The summed E-state index contributed by atoms with van der Waals surface area (Å²) >= 11 is 11.1. The first-order valence-electron chi connectivity index (χ1n) is 6.02. The zero-order chi connectivity index (χ0) is 14.7.